The lowest BCUT2D eigenvalue weighted by atomic mass is 9.92. The van der Waals surface area contributed by atoms with Crippen LogP contribution in [0, 0.1) is 18.7 Å². The van der Waals surface area contributed by atoms with E-state index in [1.165, 1.54) is 25.0 Å². The number of furan rings is 1. The predicted molar refractivity (Wildman–Crippen MR) is 76.4 cm³/mol. The average Bonchev–Trinajstić information content (AvgIpc) is 2.66. The van der Waals surface area contributed by atoms with Gasteiger partial charge in [0.25, 0.3) is 0 Å². The fraction of sp³-hybridized carbons (Fsp3) is 0.471. The molecule has 0 radical (unpaired) electrons. The molecule has 1 saturated carbocycles. The van der Waals surface area contributed by atoms with Crippen LogP contribution in [0.5, 0.6) is 0 Å². The minimum Gasteiger partial charge on any atom is -0.453 e. The number of halogens is 1. The van der Waals surface area contributed by atoms with E-state index in [2.05, 4.69) is 0 Å². The summed E-state index contributed by atoms with van der Waals surface area (Å²) < 4.78 is 19.0. The summed E-state index contributed by atoms with van der Waals surface area (Å²) in [4.78, 5) is 12.6. The number of carbonyl (C=O) groups is 1. The van der Waals surface area contributed by atoms with E-state index in [0.29, 0.717) is 16.7 Å². The van der Waals surface area contributed by atoms with Gasteiger partial charge >= 0.3 is 0 Å². The monoisotopic (exact) mass is 274 g/mol. The van der Waals surface area contributed by atoms with Crippen molar-refractivity contribution in [3.05, 3.63) is 35.3 Å². The lowest BCUT2D eigenvalue weighted by Crippen LogP contribution is -2.14. The zero-order chi connectivity index (χ0) is 14.1. The number of carbonyl (C=O) groups excluding carboxylic acids is 1. The molecule has 0 unspecified atom stereocenters. The van der Waals surface area contributed by atoms with Crippen molar-refractivity contribution in [3.63, 3.8) is 0 Å². The Morgan fingerprint density at radius 2 is 1.90 bits per heavy atom. The summed E-state index contributed by atoms with van der Waals surface area (Å²) in [5, 5.41) is 0.710. The molecular formula is C17H19FO2. The Balaban J connectivity index is 1.96. The van der Waals surface area contributed by atoms with E-state index in [1.807, 2.05) is 6.92 Å². The van der Waals surface area contributed by atoms with Gasteiger partial charge in [0.05, 0.1) is 0 Å². The smallest absolute Gasteiger partial charge is 0.201 e. The maximum Gasteiger partial charge on any atom is 0.201 e. The quantitative estimate of drug-likeness (QED) is 0.567. The van der Waals surface area contributed by atoms with Gasteiger partial charge in [0.2, 0.25) is 5.78 Å². The summed E-state index contributed by atoms with van der Waals surface area (Å²) in [6, 6.07) is 4.41. The van der Waals surface area contributed by atoms with Crippen LogP contribution >= 0.6 is 0 Å². The first-order valence-electron chi connectivity index (χ1n) is 7.39. The molecule has 1 aliphatic carbocycles. The van der Waals surface area contributed by atoms with Gasteiger partial charge in [0.15, 0.2) is 5.76 Å². The molecule has 0 N–H and O–H groups in total. The molecule has 0 spiro atoms. The second-order valence-corrected chi connectivity index (χ2v) is 5.75. The molecule has 20 heavy (non-hydrogen) atoms. The molecule has 1 aromatic carbocycles. The molecular weight excluding hydrogens is 255 g/mol. The molecule has 3 rings (SSSR count). The Labute approximate surface area is 118 Å². The fourth-order valence-corrected chi connectivity index (χ4v) is 3.16. The number of benzene rings is 1. The third-order valence-corrected chi connectivity index (χ3v) is 4.35. The fourth-order valence-electron chi connectivity index (χ4n) is 3.16. The summed E-state index contributed by atoms with van der Waals surface area (Å²) in [5.74, 6) is 0.301. The molecule has 0 aliphatic heterocycles. The maximum absolute atomic E-state index is 13.3. The summed E-state index contributed by atoms with van der Waals surface area (Å²) in [5.41, 5.74) is 1.37. The van der Waals surface area contributed by atoms with E-state index in [9.17, 15) is 9.18 Å². The van der Waals surface area contributed by atoms with Crippen LogP contribution in [-0.4, -0.2) is 5.78 Å². The molecule has 1 aliphatic rings. The number of ketones is 1. The lowest BCUT2D eigenvalue weighted by Gasteiger charge is -2.11. The maximum atomic E-state index is 13.3. The standard InChI is InChI=1S/C17H19FO2/c1-11-14-10-13(18)8-9-15(14)20-17(11)16(19)12-6-4-2-3-5-7-12/h8-10,12H,2-7H2,1H3. The van der Waals surface area contributed by atoms with E-state index in [4.69, 9.17) is 4.42 Å². The number of hydrogen-bond donors (Lipinski definition) is 0. The topological polar surface area (TPSA) is 30.2 Å². The highest BCUT2D eigenvalue weighted by Gasteiger charge is 2.26. The van der Waals surface area contributed by atoms with Crippen LogP contribution in [0.4, 0.5) is 4.39 Å². The van der Waals surface area contributed by atoms with Gasteiger partial charge in [-0.25, -0.2) is 4.39 Å². The minimum absolute atomic E-state index is 0.0709. The van der Waals surface area contributed by atoms with Gasteiger partial charge < -0.3 is 4.42 Å². The van der Waals surface area contributed by atoms with Gasteiger partial charge in [-0.05, 0) is 38.0 Å². The van der Waals surface area contributed by atoms with E-state index >= 15 is 0 Å². The van der Waals surface area contributed by atoms with Gasteiger partial charge in [-0.15, -0.1) is 0 Å². The van der Waals surface area contributed by atoms with Crippen molar-refractivity contribution in [3.8, 4) is 0 Å². The normalized spacial score (nSPS) is 17.3. The minimum atomic E-state index is -0.296. The van der Waals surface area contributed by atoms with Crippen molar-refractivity contribution >= 4 is 16.8 Å². The lowest BCUT2D eigenvalue weighted by molar-refractivity contribution is 0.0880. The Hall–Kier alpha value is -1.64. The van der Waals surface area contributed by atoms with Crippen molar-refractivity contribution in [2.75, 3.05) is 0 Å². The Morgan fingerprint density at radius 3 is 2.60 bits per heavy atom. The van der Waals surface area contributed by atoms with E-state index in [0.717, 1.165) is 31.2 Å². The molecule has 1 heterocycles. The molecule has 0 amide bonds. The van der Waals surface area contributed by atoms with Crippen LogP contribution in [0.1, 0.15) is 54.6 Å². The zero-order valence-corrected chi connectivity index (χ0v) is 11.7. The number of rotatable bonds is 2. The second-order valence-electron chi connectivity index (χ2n) is 5.75. The third-order valence-electron chi connectivity index (χ3n) is 4.35. The van der Waals surface area contributed by atoms with Crippen LogP contribution in [0.3, 0.4) is 0 Å². The molecule has 2 nitrogen and oxygen atoms in total. The average molecular weight is 274 g/mol. The summed E-state index contributed by atoms with van der Waals surface area (Å²) in [6.07, 6.45) is 6.56. The first kappa shape index (κ1) is 13.3. The van der Waals surface area contributed by atoms with Crippen LogP contribution in [0.25, 0.3) is 11.0 Å². The summed E-state index contributed by atoms with van der Waals surface area (Å²) in [7, 11) is 0. The Bertz CT molecular complexity index is 634. The summed E-state index contributed by atoms with van der Waals surface area (Å²) >= 11 is 0. The molecule has 1 fully saturated rings. The van der Waals surface area contributed by atoms with Crippen LogP contribution in [-0.2, 0) is 0 Å². The van der Waals surface area contributed by atoms with Crippen molar-refractivity contribution in [1.82, 2.24) is 0 Å². The Kier molecular flexibility index (Phi) is 3.60. The number of Topliss-reactive ketones (excluding diaryl/α,β-unsaturated/α-hetero) is 1. The van der Waals surface area contributed by atoms with Crippen molar-refractivity contribution in [1.29, 1.82) is 0 Å². The highest BCUT2D eigenvalue weighted by atomic mass is 19.1. The highest BCUT2D eigenvalue weighted by Crippen LogP contribution is 2.31. The van der Waals surface area contributed by atoms with Gasteiger partial charge in [-0.1, -0.05) is 25.7 Å². The summed E-state index contributed by atoms with van der Waals surface area (Å²) in [6.45, 7) is 1.84. The van der Waals surface area contributed by atoms with E-state index in [1.54, 1.807) is 6.07 Å². The van der Waals surface area contributed by atoms with Gasteiger partial charge in [-0.3, -0.25) is 4.79 Å². The molecule has 2 aromatic rings. The van der Waals surface area contributed by atoms with E-state index in [-0.39, 0.29) is 17.5 Å². The first-order valence-corrected chi connectivity index (χ1v) is 7.39. The Morgan fingerprint density at radius 1 is 1.20 bits per heavy atom. The van der Waals surface area contributed by atoms with Gasteiger partial charge in [-0.2, -0.15) is 0 Å². The highest BCUT2D eigenvalue weighted by molar-refractivity contribution is 6.01. The van der Waals surface area contributed by atoms with Crippen LogP contribution < -0.4 is 0 Å². The molecule has 0 bridgehead atoms. The number of aryl methyl sites for hydroxylation is 1. The molecule has 106 valence electrons. The molecule has 3 heteroatoms. The van der Waals surface area contributed by atoms with Crippen LogP contribution in [0.15, 0.2) is 22.6 Å². The van der Waals surface area contributed by atoms with Crippen molar-refractivity contribution in [2.24, 2.45) is 5.92 Å². The molecule has 0 saturated heterocycles. The van der Waals surface area contributed by atoms with Gasteiger partial charge in [0, 0.05) is 16.9 Å². The number of fused-ring (bicyclic) bond motifs is 1. The second kappa shape index (κ2) is 5.39. The van der Waals surface area contributed by atoms with Crippen LogP contribution in [0.2, 0.25) is 0 Å². The predicted octanol–water partition coefficient (Wildman–Crippen LogP) is 5.03. The van der Waals surface area contributed by atoms with Crippen molar-refractivity contribution in [2.45, 2.75) is 45.4 Å². The zero-order valence-electron chi connectivity index (χ0n) is 11.7. The first-order chi connectivity index (χ1) is 9.66. The van der Waals surface area contributed by atoms with Gasteiger partial charge in [0.1, 0.15) is 11.4 Å². The largest absolute Gasteiger partial charge is 0.453 e. The van der Waals surface area contributed by atoms with E-state index < -0.39 is 0 Å². The third kappa shape index (κ3) is 2.37. The molecule has 1 aromatic heterocycles. The van der Waals surface area contributed by atoms with Crippen molar-refractivity contribution < 1.29 is 13.6 Å². The number of hydrogen-bond acceptors (Lipinski definition) is 2. The SMILES string of the molecule is Cc1c(C(=O)C2CCCCCC2)oc2ccc(F)cc12. The molecule has 0 atom stereocenters.